The van der Waals surface area contributed by atoms with E-state index in [2.05, 4.69) is 19.2 Å². The molecular formula is C13H22N2OS. The van der Waals surface area contributed by atoms with Gasteiger partial charge in [0, 0.05) is 10.9 Å². The van der Waals surface area contributed by atoms with Gasteiger partial charge in [-0.2, -0.15) is 0 Å². The molecule has 3 N–H and O–H groups in total. The molecule has 0 aliphatic heterocycles. The second-order valence-electron chi connectivity index (χ2n) is 4.87. The third kappa shape index (κ3) is 4.88. The summed E-state index contributed by atoms with van der Waals surface area (Å²) in [5.74, 6) is 0.587. The molecule has 2 unspecified atom stereocenters. The molecule has 4 heteroatoms. The molecule has 1 heterocycles. The topological polar surface area (TPSA) is 55.1 Å². The largest absolute Gasteiger partial charge is 0.352 e. The predicted octanol–water partition coefficient (Wildman–Crippen LogP) is 2.69. The lowest BCUT2D eigenvalue weighted by Gasteiger charge is -2.17. The minimum absolute atomic E-state index is 0.0799. The number of rotatable bonds is 6. The van der Waals surface area contributed by atoms with Crippen LogP contribution in [0.3, 0.4) is 0 Å². The summed E-state index contributed by atoms with van der Waals surface area (Å²) >= 11 is 1.52. The normalized spacial score (nSPS) is 14.6. The zero-order valence-electron chi connectivity index (χ0n) is 10.8. The Balaban J connectivity index is 2.38. The van der Waals surface area contributed by atoms with E-state index in [1.54, 1.807) is 0 Å². The third-order valence-electron chi connectivity index (χ3n) is 2.70. The number of nitrogens with two attached hydrogens (primary N) is 1. The van der Waals surface area contributed by atoms with Crippen LogP contribution in [0.4, 0.5) is 0 Å². The van der Waals surface area contributed by atoms with Crippen molar-refractivity contribution in [3.05, 3.63) is 22.4 Å². The number of carbonyl (C=O) groups is 1. The lowest BCUT2D eigenvalue weighted by atomic mass is 10.0. The first-order valence-corrected chi connectivity index (χ1v) is 6.98. The number of nitrogens with one attached hydrogen (secondary N) is 1. The van der Waals surface area contributed by atoms with E-state index in [-0.39, 0.29) is 11.9 Å². The first-order valence-electron chi connectivity index (χ1n) is 6.10. The van der Waals surface area contributed by atoms with Gasteiger partial charge in [0.1, 0.15) is 6.04 Å². The van der Waals surface area contributed by atoms with Gasteiger partial charge in [0.15, 0.2) is 0 Å². The summed E-state index contributed by atoms with van der Waals surface area (Å²) in [6, 6.07) is 3.47. The molecule has 2 atom stereocenters. The Labute approximate surface area is 107 Å². The monoisotopic (exact) mass is 254 g/mol. The maximum Gasteiger partial charge on any atom is 0.242 e. The number of thiophene rings is 1. The molecule has 96 valence electrons. The van der Waals surface area contributed by atoms with E-state index in [4.69, 9.17) is 5.73 Å². The molecule has 3 nitrogen and oxygen atoms in total. The highest BCUT2D eigenvalue weighted by Gasteiger charge is 2.18. The maximum atomic E-state index is 11.9. The molecule has 0 bridgehead atoms. The quantitative estimate of drug-likeness (QED) is 0.820. The van der Waals surface area contributed by atoms with Crippen LogP contribution in [0.5, 0.6) is 0 Å². The molecule has 17 heavy (non-hydrogen) atoms. The van der Waals surface area contributed by atoms with Crippen molar-refractivity contribution in [2.45, 2.75) is 45.7 Å². The van der Waals surface area contributed by atoms with E-state index >= 15 is 0 Å². The summed E-state index contributed by atoms with van der Waals surface area (Å²) in [5, 5.41) is 4.90. The van der Waals surface area contributed by atoms with Crippen molar-refractivity contribution >= 4 is 17.2 Å². The van der Waals surface area contributed by atoms with Crippen molar-refractivity contribution in [3.8, 4) is 0 Å². The van der Waals surface area contributed by atoms with Gasteiger partial charge in [0.2, 0.25) is 5.91 Å². The molecular weight excluding hydrogens is 232 g/mol. The molecule has 0 saturated carbocycles. The molecule has 0 aromatic carbocycles. The molecule has 1 aromatic rings. The Hall–Kier alpha value is -0.870. The van der Waals surface area contributed by atoms with Gasteiger partial charge in [-0.25, -0.2) is 0 Å². The number of hydrogen-bond acceptors (Lipinski definition) is 3. The standard InChI is InChI=1S/C13H22N2OS/c1-9(2)6-7-10(3)15-13(16)12(14)11-5-4-8-17-11/h4-5,8-10,12H,6-7,14H2,1-3H3,(H,15,16). The highest BCUT2D eigenvalue weighted by molar-refractivity contribution is 7.10. The molecule has 0 radical (unpaired) electrons. The van der Waals surface area contributed by atoms with Crippen LogP contribution in [0.1, 0.15) is 44.5 Å². The van der Waals surface area contributed by atoms with Gasteiger partial charge in [-0.15, -0.1) is 11.3 Å². The van der Waals surface area contributed by atoms with E-state index in [1.807, 2.05) is 24.4 Å². The van der Waals surface area contributed by atoms with Gasteiger partial charge < -0.3 is 11.1 Å². The van der Waals surface area contributed by atoms with Crippen molar-refractivity contribution in [3.63, 3.8) is 0 Å². The summed E-state index contributed by atoms with van der Waals surface area (Å²) < 4.78 is 0. The minimum atomic E-state index is -0.531. The first kappa shape index (κ1) is 14.2. The van der Waals surface area contributed by atoms with Gasteiger partial charge in [0.25, 0.3) is 0 Å². The van der Waals surface area contributed by atoms with Gasteiger partial charge >= 0.3 is 0 Å². The van der Waals surface area contributed by atoms with Crippen LogP contribution in [0.25, 0.3) is 0 Å². The summed E-state index contributed by atoms with van der Waals surface area (Å²) in [7, 11) is 0. The average Bonchev–Trinajstić information content (AvgIpc) is 2.78. The molecule has 0 spiro atoms. The third-order valence-corrected chi connectivity index (χ3v) is 3.65. The Kier molecular flexibility index (Phi) is 5.65. The average molecular weight is 254 g/mol. The van der Waals surface area contributed by atoms with E-state index in [9.17, 15) is 4.79 Å². The van der Waals surface area contributed by atoms with Crippen molar-refractivity contribution in [2.24, 2.45) is 11.7 Å². The second kappa shape index (κ2) is 6.77. The fourth-order valence-electron chi connectivity index (χ4n) is 1.59. The SMILES string of the molecule is CC(C)CCC(C)NC(=O)C(N)c1cccs1. The predicted molar refractivity (Wildman–Crippen MR) is 72.9 cm³/mol. The molecule has 0 aliphatic rings. The fourth-order valence-corrected chi connectivity index (χ4v) is 2.31. The zero-order valence-corrected chi connectivity index (χ0v) is 11.6. The Morgan fingerprint density at radius 1 is 1.41 bits per heavy atom. The van der Waals surface area contributed by atoms with Gasteiger partial charge in [-0.3, -0.25) is 4.79 Å². The van der Waals surface area contributed by atoms with Crippen molar-refractivity contribution < 1.29 is 4.79 Å². The minimum Gasteiger partial charge on any atom is -0.352 e. The number of carbonyl (C=O) groups excluding carboxylic acids is 1. The summed E-state index contributed by atoms with van der Waals surface area (Å²) in [6.07, 6.45) is 2.12. The van der Waals surface area contributed by atoms with Crippen molar-refractivity contribution in [2.75, 3.05) is 0 Å². The highest BCUT2D eigenvalue weighted by atomic mass is 32.1. The molecule has 1 rings (SSSR count). The molecule has 0 fully saturated rings. The van der Waals surface area contributed by atoms with Gasteiger partial charge in [-0.05, 0) is 37.1 Å². The molecule has 1 amide bonds. The van der Waals surface area contributed by atoms with Gasteiger partial charge in [0.05, 0.1) is 0 Å². The van der Waals surface area contributed by atoms with Crippen LogP contribution in [0.15, 0.2) is 17.5 Å². The zero-order chi connectivity index (χ0) is 12.8. The summed E-state index contributed by atoms with van der Waals surface area (Å²) in [4.78, 5) is 12.8. The molecule has 0 aliphatic carbocycles. The summed E-state index contributed by atoms with van der Waals surface area (Å²) in [5.41, 5.74) is 5.89. The summed E-state index contributed by atoms with van der Waals surface area (Å²) in [6.45, 7) is 6.40. The fraction of sp³-hybridized carbons (Fsp3) is 0.615. The van der Waals surface area contributed by atoms with E-state index < -0.39 is 6.04 Å². The smallest absolute Gasteiger partial charge is 0.242 e. The highest BCUT2D eigenvalue weighted by Crippen LogP contribution is 2.17. The number of amides is 1. The first-order chi connectivity index (χ1) is 8.00. The van der Waals surface area contributed by atoms with Crippen molar-refractivity contribution in [1.29, 1.82) is 0 Å². The molecule has 0 saturated heterocycles. The molecule has 1 aromatic heterocycles. The Morgan fingerprint density at radius 2 is 2.12 bits per heavy atom. The van der Waals surface area contributed by atoms with Crippen LogP contribution in [0, 0.1) is 5.92 Å². The van der Waals surface area contributed by atoms with Gasteiger partial charge in [-0.1, -0.05) is 19.9 Å². The van der Waals surface area contributed by atoms with E-state index in [0.29, 0.717) is 5.92 Å². The second-order valence-corrected chi connectivity index (χ2v) is 5.85. The van der Waals surface area contributed by atoms with E-state index in [0.717, 1.165) is 17.7 Å². The van der Waals surface area contributed by atoms with Crippen LogP contribution in [0.2, 0.25) is 0 Å². The van der Waals surface area contributed by atoms with Crippen LogP contribution >= 0.6 is 11.3 Å². The van der Waals surface area contributed by atoms with Crippen LogP contribution < -0.4 is 11.1 Å². The Morgan fingerprint density at radius 3 is 2.65 bits per heavy atom. The lowest BCUT2D eigenvalue weighted by Crippen LogP contribution is -2.39. The van der Waals surface area contributed by atoms with Crippen molar-refractivity contribution in [1.82, 2.24) is 5.32 Å². The number of hydrogen-bond donors (Lipinski definition) is 2. The lowest BCUT2D eigenvalue weighted by molar-refractivity contribution is -0.123. The van der Waals surface area contributed by atoms with Crippen LogP contribution in [-0.4, -0.2) is 11.9 Å². The van der Waals surface area contributed by atoms with E-state index in [1.165, 1.54) is 11.3 Å². The maximum absolute atomic E-state index is 11.9. The Bertz CT molecular complexity index is 335. The van der Waals surface area contributed by atoms with Crippen LogP contribution in [-0.2, 0) is 4.79 Å².